The van der Waals surface area contributed by atoms with Crippen LogP contribution < -0.4 is 10.1 Å². The molecule has 1 aromatic heterocycles. The van der Waals surface area contributed by atoms with Gasteiger partial charge in [-0.05, 0) is 42.8 Å². The molecule has 2 aromatic carbocycles. The van der Waals surface area contributed by atoms with Crippen molar-refractivity contribution < 1.29 is 9.53 Å². The maximum atomic E-state index is 12.2. The highest BCUT2D eigenvalue weighted by molar-refractivity contribution is 5.94. The summed E-state index contributed by atoms with van der Waals surface area (Å²) in [5.74, 6) is 1.40. The van der Waals surface area contributed by atoms with E-state index in [1.54, 1.807) is 12.1 Å². The lowest BCUT2D eigenvalue weighted by atomic mass is 10.2. The number of fused-ring (bicyclic) bond motifs is 1. The van der Waals surface area contributed by atoms with Gasteiger partial charge in [0.1, 0.15) is 11.6 Å². The van der Waals surface area contributed by atoms with Gasteiger partial charge < -0.3 is 15.0 Å². The van der Waals surface area contributed by atoms with Gasteiger partial charge in [0.15, 0.2) is 0 Å². The van der Waals surface area contributed by atoms with Gasteiger partial charge in [-0.15, -0.1) is 0 Å². The number of ether oxygens (including phenoxy) is 1. The molecule has 0 bridgehead atoms. The first-order valence-corrected chi connectivity index (χ1v) is 8.21. The Balaban J connectivity index is 1.56. The lowest BCUT2D eigenvalue weighted by Gasteiger charge is -2.07. The molecular weight excluding hydrogens is 302 g/mol. The van der Waals surface area contributed by atoms with Crippen molar-refractivity contribution in [3.05, 3.63) is 59.9 Å². The Bertz CT molecular complexity index is 776. The van der Waals surface area contributed by atoms with E-state index < -0.39 is 0 Å². The number of H-pyrrole nitrogens is 1. The van der Waals surface area contributed by atoms with Gasteiger partial charge in [-0.1, -0.05) is 25.5 Å². The SMILES string of the molecule is CCCCOc1ccc(C(=O)NCc2nc3ccccc3[nH]2)cc1. The zero-order chi connectivity index (χ0) is 16.8. The second-order valence-electron chi connectivity index (χ2n) is 5.61. The second-order valence-corrected chi connectivity index (χ2v) is 5.61. The molecule has 1 amide bonds. The number of aromatic nitrogens is 2. The molecule has 2 N–H and O–H groups in total. The van der Waals surface area contributed by atoms with E-state index in [1.807, 2.05) is 36.4 Å². The number of hydrogen-bond acceptors (Lipinski definition) is 3. The maximum absolute atomic E-state index is 12.2. The quantitative estimate of drug-likeness (QED) is 0.652. The number of aromatic amines is 1. The van der Waals surface area contributed by atoms with Gasteiger partial charge in [-0.2, -0.15) is 0 Å². The predicted molar refractivity (Wildman–Crippen MR) is 94.1 cm³/mol. The van der Waals surface area contributed by atoms with Gasteiger partial charge in [0.05, 0.1) is 24.2 Å². The van der Waals surface area contributed by atoms with Gasteiger partial charge >= 0.3 is 0 Å². The number of para-hydroxylation sites is 2. The van der Waals surface area contributed by atoms with Crippen molar-refractivity contribution in [2.75, 3.05) is 6.61 Å². The van der Waals surface area contributed by atoms with E-state index in [0.717, 1.165) is 35.4 Å². The van der Waals surface area contributed by atoms with Crippen molar-refractivity contribution in [3.8, 4) is 5.75 Å². The van der Waals surface area contributed by atoms with E-state index in [1.165, 1.54) is 0 Å². The monoisotopic (exact) mass is 323 g/mol. The van der Waals surface area contributed by atoms with Crippen LogP contribution in [0.5, 0.6) is 5.75 Å². The first-order chi connectivity index (χ1) is 11.8. The standard InChI is InChI=1S/C19H21N3O2/c1-2-3-12-24-15-10-8-14(9-11-15)19(23)20-13-18-21-16-6-4-5-7-17(16)22-18/h4-11H,2-3,12-13H2,1H3,(H,20,23)(H,21,22). The Labute approximate surface area is 141 Å². The Morgan fingerprint density at radius 2 is 1.96 bits per heavy atom. The Morgan fingerprint density at radius 1 is 1.17 bits per heavy atom. The number of carbonyl (C=O) groups excluding carboxylic acids is 1. The number of rotatable bonds is 7. The van der Waals surface area contributed by atoms with E-state index in [0.29, 0.717) is 18.7 Å². The van der Waals surface area contributed by atoms with Crippen molar-refractivity contribution in [2.24, 2.45) is 0 Å². The lowest BCUT2D eigenvalue weighted by molar-refractivity contribution is 0.0950. The van der Waals surface area contributed by atoms with Crippen molar-refractivity contribution in [3.63, 3.8) is 0 Å². The molecule has 0 atom stereocenters. The molecule has 5 heteroatoms. The number of amides is 1. The zero-order valence-electron chi connectivity index (χ0n) is 13.7. The molecular formula is C19H21N3O2. The minimum atomic E-state index is -0.129. The van der Waals surface area contributed by atoms with Crippen LogP contribution >= 0.6 is 0 Å². The van der Waals surface area contributed by atoms with Crippen LogP contribution in [-0.4, -0.2) is 22.5 Å². The summed E-state index contributed by atoms with van der Waals surface area (Å²) in [6.45, 7) is 3.19. The summed E-state index contributed by atoms with van der Waals surface area (Å²) in [4.78, 5) is 19.8. The third-order valence-corrected chi connectivity index (χ3v) is 3.74. The number of unbranched alkanes of at least 4 members (excludes halogenated alkanes) is 1. The largest absolute Gasteiger partial charge is 0.494 e. The normalized spacial score (nSPS) is 10.7. The summed E-state index contributed by atoms with van der Waals surface area (Å²) in [5.41, 5.74) is 2.47. The van der Waals surface area contributed by atoms with Gasteiger partial charge in [0.2, 0.25) is 0 Å². The smallest absolute Gasteiger partial charge is 0.251 e. The molecule has 3 aromatic rings. The van der Waals surface area contributed by atoms with Crippen LogP contribution in [0.1, 0.15) is 35.9 Å². The summed E-state index contributed by atoms with van der Waals surface area (Å²) in [6.07, 6.45) is 2.13. The number of hydrogen-bond donors (Lipinski definition) is 2. The van der Waals surface area contributed by atoms with Crippen molar-refractivity contribution in [2.45, 2.75) is 26.3 Å². The topological polar surface area (TPSA) is 67.0 Å². The molecule has 1 heterocycles. The fourth-order valence-electron chi connectivity index (χ4n) is 2.39. The molecule has 0 spiro atoms. The van der Waals surface area contributed by atoms with Gasteiger partial charge in [0, 0.05) is 5.56 Å². The van der Waals surface area contributed by atoms with Crippen molar-refractivity contribution >= 4 is 16.9 Å². The van der Waals surface area contributed by atoms with Crippen LogP contribution in [0.2, 0.25) is 0 Å². The number of imidazole rings is 1. The average Bonchev–Trinajstić information content (AvgIpc) is 3.03. The van der Waals surface area contributed by atoms with E-state index in [9.17, 15) is 4.79 Å². The fraction of sp³-hybridized carbons (Fsp3) is 0.263. The van der Waals surface area contributed by atoms with E-state index in [-0.39, 0.29) is 5.91 Å². The van der Waals surface area contributed by atoms with Gasteiger partial charge in [0.25, 0.3) is 5.91 Å². The van der Waals surface area contributed by atoms with Crippen LogP contribution in [0.25, 0.3) is 11.0 Å². The van der Waals surface area contributed by atoms with Crippen LogP contribution in [-0.2, 0) is 6.54 Å². The molecule has 0 aliphatic heterocycles. The van der Waals surface area contributed by atoms with Crippen LogP contribution in [0, 0.1) is 0 Å². The molecule has 0 radical (unpaired) electrons. The predicted octanol–water partition coefficient (Wildman–Crippen LogP) is 3.67. The Kier molecular flexibility index (Phi) is 5.11. The highest BCUT2D eigenvalue weighted by Gasteiger charge is 2.07. The highest BCUT2D eigenvalue weighted by Crippen LogP contribution is 2.13. The van der Waals surface area contributed by atoms with Gasteiger partial charge in [-0.3, -0.25) is 4.79 Å². The molecule has 0 unspecified atom stereocenters. The second kappa shape index (κ2) is 7.64. The minimum Gasteiger partial charge on any atom is -0.494 e. The molecule has 0 aliphatic rings. The molecule has 0 saturated heterocycles. The van der Waals surface area contributed by atoms with E-state index >= 15 is 0 Å². The number of nitrogens with one attached hydrogen (secondary N) is 2. The van der Waals surface area contributed by atoms with Gasteiger partial charge in [-0.25, -0.2) is 4.98 Å². The minimum absolute atomic E-state index is 0.129. The van der Waals surface area contributed by atoms with Crippen LogP contribution in [0.3, 0.4) is 0 Å². The molecule has 0 saturated carbocycles. The van der Waals surface area contributed by atoms with E-state index in [2.05, 4.69) is 22.2 Å². The highest BCUT2D eigenvalue weighted by atomic mass is 16.5. The summed E-state index contributed by atoms with van der Waals surface area (Å²) < 4.78 is 5.60. The summed E-state index contributed by atoms with van der Waals surface area (Å²) in [7, 11) is 0. The van der Waals surface area contributed by atoms with E-state index in [4.69, 9.17) is 4.74 Å². The molecule has 124 valence electrons. The summed E-state index contributed by atoms with van der Waals surface area (Å²) >= 11 is 0. The van der Waals surface area contributed by atoms with Crippen LogP contribution in [0.4, 0.5) is 0 Å². The summed E-state index contributed by atoms with van der Waals surface area (Å²) in [6, 6.07) is 15.0. The third kappa shape index (κ3) is 3.93. The molecule has 0 fully saturated rings. The molecule has 3 rings (SSSR count). The number of nitrogens with zero attached hydrogens (tertiary/aromatic N) is 1. The maximum Gasteiger partial charge on any atom is 0.251 e. The first-order valence-electron chi connectivity index (χ1n) is 8.21. The Morgan fingerprint density at radius 3 is 2.71 bits per heavy atom. The average molecular weight is 323 g/mol. The Hall–Kier alpha value is -2.82. The lowest BCUT2D eigenvalue weighted by Crippen LogP contribution is -2.23. The molecule has 24 heavy (non-hydrogen) atoms. The third-order valence-electron chi connectivity index (χ3n) is 3.74. The number of benzene rings is 2. The summed E-state index contributed by atoms with van der Waals surface area (Å²) in [5, 5.41) is 2.87. The number of carbonyl (C=O) groups is 1. The van der Waals surface area contributed by atoms with Crippen molar-refractivity contribution in [1.82, 2.24) is 15.3 Å². The first kappa shape index (κ1) is 16.1. The van der Waals surface area contributed by atoms with Crippen LogP contribution in [0.15, 0.2) is 48.5 Å². The van der Waals surface area contributed by atoms with Crippen molar-refractivity contribution in [1.29, 1.82) is 0 Å². The molecule has 0 aliphatic carbocycles. The molecule has 5 nitrogen and oxygen atoms in total. The zero-order valence-corrected chi connectivity index (χ0v) is 13.7. The fourth-order valence-corrected chi connectivity index (χ4v) is 2.39.